The second kappa shape index (κ2) is 5.68. The number of primary amides is 1. The van der Waals surface area contributed by atoms with Gasteiger partial charge in [0.05, 0.1) is 11.6 Å². The van der Waals surface area contributed by atoms with E-state index in [1.807, 2.05) is 0 Å². The van der Waals surface area contributed by atoms with Gasteiger partial charge in [0.15, 0.2) is 5.69 Å². The van der Waals surface area contributed by atoms with Crippen LogP contribution in [0.3, 0.4) is 0 Å². The van der Waals surface area contributed by atoms with E-state index < -0.39 is 29.7 Å². The van der Waals surface area contributed by atoms with Crippen LogP contribution in [0.5, 0.6) is 0 Å². The zero-order valence-corrected chi connectivity index (χ0v) is 11.3. The van der Waals surface area contributed by atoms with E-state index in [1.165, 1.54) is 24.3 Å². The van der Waals surface area contributed by atoms with Crippen LogP contribution >= 0.6 is 0 Å². The van der Waals surface area contributed by atoms with Crippen molar-refractivity contribution >= 4 is 17.6 Å². The van der Waals surface area contributed by atoms with Crippen LogP contribution in [-0.2, 0) is 11.0 Å². The molecule has 2 aromatic rings. The molecule has 22 heavy (non-hydrogen) atoms. The zero-order chi connectivity index (χ0) is 16.5. The van der Waals surface area contributed by atoms with Crippen molar-refractivity contribution in [1.82, 2.24) is 4.98 Å². The highest BCUT2D eigenvalue weighted by Crippen LogP contribution is 2.32. The number of oxazole rings is 1. The van der Waals surface area contributed by atoms with E-state index in [4.69, 9.17) is 5.73 Å². The highest BCUT2D eigenvalue weighted by atomic mass is 19.4. The summed E-state index contributed by atoms with van der Waals surface area (Å²) in [6.45, 7) is 1.61. The van der Waals surface area contributed by atoms with Gasteiger partial charge in [-0.1, -0.05) is 12.1 Å². The van der Waals surface area contributed by atoms with E-state index in [0.717, 1.165) is 0 Å². The molecule has 0 radical (unpaired) electrons. The lowest BCUT2D eigenvalue weighted by Crippen LogP contribution is -2.18. The predicted octanol–water partition coefficient (Wildman–Crippen LogP) is 2.81. The van der Waals surface area contributed by atoms with E-state index >= 15 is 0 Å². The summed E-state index contributed by atoms with van der Waals surface area (Å²) in [6, 6.07) is 5.20. The third-order valence-corrected chi connectivity index (χ3v) is 3.03. The molecule has 3 N–H and O–H groups in total. The molecular formula is C13H12F3N3O3. The number of carbonyl (C=O) groups is 1. The van der Waals surface area contributed by atoms with Crippen molar-refractivity contribution in [3.63, 3.8) is 0 Å². The fraction of sp³-hybridized carbons (Fsp3) is 0.231. The zero-order valence-electron chi connectivity index (χ0n) is 11.3. The molecule has 1 aromatic heterocycles. The van der Waals surface area contributed by atoms with Crippen molar-refractivity contribution in [3.05, 3.63) is 41.8 Å². The highest BCUT2D eigenvalue weighted by molar-refractivity contribution is 5.81. The number of nitrogens with two attached hydrogens (primary N) is 1. The molecule has 9 heteroatoms. The molecule has 0 fully saturated rings. The average molecular weight is 315 g/mol. The van der Waals surface area contributed by atoms with E-state index in [2.05, 4.69) is 9.40 Å². The van der Waals surface area contributed by atoms with Crippen molar-refractivity contribution in [1.29, 1.82) is 0 Å². The molecule has 0 saturated heterocycles. The number of hydrogen-bond acceptors (Lipinski definition) is 5. The quantitative estimate of drug-likeness (QED) is 0.846. The van der Waals surface area contributed by atoms with Crippen LogP contribution < -0.4 is 10.8 Å². The van der Waals surface area contributed by atoms with Crippen molar-refractivity contribution in [2.75, 3.05) is 5.06 Å². The first-order chi connectivity index (χ1) is 10.2. The van der Waals surface area contributed by atoms with E-state index in [1.54, 1.807) is 6.92 Å². The van der Waals surface area contributed by atoms with Gasteiger partial charge in [-0.05, 0) is 24.6 Å². The third kappa shape index (κ3) is 3.19. The van der Waals surface area contributed by atoms with Gasteiger partial charge in [-0.25, -0.2) is 0 Å². The number of rotatable bonds is 4. The largest absolute Gasteiger partial charge is 0.436 e. The highest BCUT2D eigenvalue weighted by Gasteiger charge is 2.35. The first-order valence-electron chi connectivity index (χ1n) is 6.11. The molecule has 0 unspecified atom stereocenters. The number of halogens is 3. The molecule has 1 amide bonds. The van der Waals surface area contributed by atoms with Gasteiger partial charge >= 0.3 is 12.2 Å². The monoisotopic (exact) mass is 315 g/mol. The summed E-state index contributed by atoms with van der Waals surface area (Å²) in [5, 5.41) is 10.2. The number of anilines is 2. The van der Waals surface area contributed by atoms with Gasteiger partial charge in [0, 0.05) is 0 Å². The number of amides is 1. The molecule has 0 aliphatic heterocycles. The Labute approximate surface area is 122 Å². The molecule has 1 aromatic carbocycles. The van der Waals surface area contributed by atoms with Gasteiger partial charge in [0.2, 0.25) is 5.91 Å². The Hall–Kier alpha value is -2.55. The Morgan fingerprint density at radius 1 is 1.36 bits per heavy atom. The van der Waals surface area contributed by atoms with Gasteiger partial charge < -0.3 is 10.2 Å². The standard InChI is InChI=1S/C13H12F3N3O3/c1-7(11(17)20)8-2-4-9(5-3-8)19(21)12-18-10(6-22-12)13(14,15)16/h2-7,21H,1H3,(H2,17,20)/t7-/m0/s1. The summed E-state index contributed by atoms with van der Waals surface area (Å²) in [5.74, 6) is -1.05. The topological polar surface area (TPSA) is 92.6 Å². The molecule has 118 valence electrons. The molecule has 0 aliphatic carbocycles. The Kier molecular flexibility index (Phi) is 4.09. The first-order valence-corrected chi connectivity index (χ1v) is 6.11. The van der Waals surface area contributed by atoms with E-state index in [0.29, 0.717) is 16.9 Å². The average Bonchev–Trinajstić information content (AvgIpc) is 2.95. The Balaban J connectivity index is 2.21. The fourth-order valence-electron chi connectivity index (χ4n) is 1.67. The second-order valence-electron chi connectivity index (χ2n) is 4.54. The minimum Gasteiger partial charge on any atom is -0.430 e. The van der Waals surface area contributed by atoms with Gasteiger partial charge in [-0.2, -0.15) is 23.2 Å². The van der Waals surface area contributed by atoms with Gasteiger partial charge in [0.1, 0.15) is 6.26 Å². The summed E-state index contributed by atoms with van der Waals surface area (Å²) < 4.78 is 41.8. The van der Waals surface area contributed by atoms with Gasteiger partial charge in [-0.3, -0.25) is 10.0 Å². The molecule has 0 aliphatic rings. The fourth-order valence-corrected chi connectivity index (χ4v) is 1.67. The van der Waals surface area contributed by atoms with E-state index in [-0.39, 0.29) is 5.69 Å². The lowest BCUT2D eigenvalue weighted by atomic mass is 10.0. The smallest absolute Gasteiger partial charge is 0.430 e. The number of carbonyl (C=O) groups excluding carboxylic acids is 1. The first kappa shape index (κ1) is 15.8. The summed E-state index contributed by atoms with van der Waals surface area (Å²) in [7, 11) is 0. The van der Waals surface area contributed by atoms with Crippen LogP contribution in [0.15, 0.2) is 34.9 Å². The summed E-state index contributed by atoms with van der Waals surface area (Å²) in [6.07, 6.45) is -4.26. The van der Waals surface area contributed by atoms with Crippen molar-refractivity contribution in [2.45, 2.75) is 19.0 Å². The van der Waals surface area contributed by atoms with Crippen LogP contribution in [0, 0.1) is 0 Å². The van der Waals surface area contributed by atoms with Crippen LogP contribution in [0.1, 0.15) is 24.1 Å². The number of alkyl halides is 3. The summed E-state index contributed by atoms with van der Waals surface area (Å²) in [5.41, 5.74) is 4.65. The second-order valence-corrected chi connectivity index (χ2v) is 4.54. The maximum atomic E-state index is 12.4. The number of nitrogens with zero attached hydrogens (tertiary/aromatic N) is 2. The summed E-state index contributed by atoms with van der Waals surface area (Å²) in [4.78, 5) is 14.2. The van der Waals surface area contributed by atoms with Crippen LogP contribution in [0.25, 0.3) is 0 Å². The molecule has 2 rings (SSSR count). The Bertz CT molecular complexity index is 667. The predicted molar refractivity (Wildman–Crippen MR) is 69.5 cm³/mol. The molecule has 6 nitrogen and oxygen atoms in total. The minimum atomic E-state index is -4.66. The minimum absolute atomic E-state index is 0.121. The third-order valence-electron chi connectivity index (χ3n) is 3.03. The SMILES string of the molecule is C[C@H](C(N)=O)c1ccc(N(O)c2nc(C(F)(F)F)co2)cc1. The molecule has 1 atom stereocenters. The molecule has 1 heterocycles. The molecule has 0 saturated carbocycles. The Morgan fingerprint density at radius 2 is 1.95 bits per heavy atom. The maximum Gasteiger partial charge on any atom is 0.436 e. The van der Waals surface area contributed by atoms with Crippen molar-refractivity contribution < 1.29 is 27.6 Å². The van der Waals surface area contributed by atoms with Crippen molar-refractivity contribution in [3.8, 4) is 0 Å². The molecule has 0 bridgehead atoms. The normalized spacial score (nSPS) is 13.0. The Morgan fingerprint density at radius 3 is 2.41 bits per heavy atom. The molecular weight excluding hydrogens is 303 g/mol. The van der Waals surface area contributed by atoms with E-state index in [9.17, 15) is 23.2 Å². The lowest BCUT2D eigenvalue weighted by molar-refractivity contribution is -0.141. The summed E-state index contributed by atoms with van der Waals surface area (Å²) >= 11 is 0. The van der Waals surface area contributed by atoms with Gasteiger partial charge in [-0.15, -0.1) is 0 Å². The number of hydrogen-bond donors (Lipinski definition) is 2. The van der Waals surface area contributed by atoms with Crippen LogP contribution in [0.4, 0.5) is 24.9 Å². The van der Waals surface area contributed by atoms with Crippen LogP contribution in [-0.4, -0.2) is 16.1 Å². The van der Waals surface area contributed by atoms with Crippen molar-refractivity contribution in [2.24, 2.45) is 5.73 Å². The number of aromatic nitrogens is 1. The van der Waals surface area contributed by atoms with Crippen LogP contribution in [0.2, 0.25) is 0 Å². The number of benzene rings is 1. The molecule has 0 spiro atoms. The lowest BCUT2D eigenvalue weighted by Gasteiger charge is -2.14. The van der Waals surface area contributed by atoms with Gasteiger partial charge in [0.25, 0.3) is 0 Å². The maximum absolute atomic E-state index is 12.4.